The van der Waals surface area contributed by atoms with Crippen molar-refractivity contribution in [3.63, 3.8) is 0 Å². The Morgan fingerprint density at radius 1 is 1.22 bits per heavy atom. The third-order valence-electron chi connectivity index (χ3n) is 2.92. The summed E-state index contributed by atoms with van der Waals surface area (Å²) in [4.78, 5) is 0. The van der Waals surface area contributed by atoms with Gasteiger partial charge in [-0.15, -0.1) is 0 Å². The predicted molar refractivity (Wildman–Crippen MR) is 64.0 cm³/mol. The van der Waals surface area contributed by atoms with Crippen molar-refractivity contribution in [2.45, 2.75) is 18.9 Å². The predicted octanol–water partition coefficient (Wildman–Crippen LogP) is 3.64. The standard InChI is InChI=1S/C12H8BrF3N2/c13-10-9-5-12(15,16)6-18(9)17-11(10)7-1-3-8(14)4-2-7/h1-4H,5-6H2. The van der Waals surface area contributed by atoms with Crippen molar-refractivity contribution in [2.75, 3.05) is 0 Å². The molecule has 1 aliphatic heterocycles. The van der Waals surface area contributed by atoms with E-state index in [1.54, 1.807) is 12.1 Å². The van der Waals surface area contributed by atoms with E-state index in [2.05, 4.69) is 21.0 Å². The van der Waals surface area contributed by atoms with Crippen LogP contribution in [0, 0.1) is 5.82 Å². The molecular weight excluding hydrogens is 309 g/mol. The number of fused-ring (bicyclic) bond motifs is 1. The van der Waals surface area contributed by atoms with Crippen LogP contribution in [0.4, 0.5) is 13.2 Å². The fourth-order valence-corrected chi connectivity index (χ4v) is 2.74. The third kappa shape index (κ3) is 1.84. The second-order valence-corrected chi connectivity index (χ2v) is 5.10. The summed E-state index contributed by atoms with van der Waals surface area (Å²) in [6.45, 7) is -0.401. The van der Waals surface area contributed by atoms with Crippen molar-refractivity contribution in [3.8, 4) is 11.3 Å². The van der Waals surface area contributed by atoms with Crippen LogP contribution >= 0.6 is 15.9 Å². The Morgan fingerprint density at radius 3 is 2.50 bits per heavy atom. The molecule has 6 heteroatoms. The van der Waals surface area contributed by atoms with Crippen LogP contribution in [0.15, 0.2) is 28.7 Å². The minimum absolute atomic E-state index is 0.318. The molecule has 0 atom stereocenters. The molecule has 1 aromatic heterocycles. The second kappa shape index (κ2) is 3.85. The van der Waals surface area contributed by atoms with Crippen LogP contribution in [-0.4, -0.2) is 15.7 Å². The highest BCUT2D eigenvalue weighted by Crippen LogP contribution is 2.38. The fraction of sp³-hybridized carbons (Fsp3) is 0.250. The van der Waals surface area contributed by atoms with Gasteiger partial charge in [0, 0.05) is 5.56 Å². The first-order valence-electron chi connectivity index (χ1n) is 5.35. The highest BCUT2D eigenvalue weighted by atomic mass is 79.9. The number of hydrogen-bond donors (Lipinski definition) is 0. The molecule has 2 heterocycles. The first-order valence-corrected chi connectivity index (χ1v) is 6.14. The molecule has 3 rings (SSSR count). The molecule has 18 heavy (non-hydrogen) atoms. The van der Waals surface area contributed by atoms with E-state index in [0.29, 0.717) is 21.4 Å². The molecule has 0 bridgehead atoms. The summed E-state index contributed by atoms with van der Waals surface area (Å²) in [6.07, 6.45) is -0.318. The summed E-state index contributed by atoms with van der Waals surface area (Å²) in [5.41, 5.74) is 1.76. The Labute approximate surface area is 110 Å². The van der Waals surface area contributed by atoms with Gasteiger partial charge in [-0.05, 0) is 40.2 Å². The SMILES string of the molecule is Fc1ccc(-c2nn3c(c2Br)CC(F)(F)C3)cc1. The number of rotatable bonds is 1. The zero-order valence-corrected chi connectivity index (χ0v) is 10.7. The lowest BCUT2D eigenvalue weighted by atomic mass is 10.1. The van der Waals surface area contributed by atoms with Gasteiger partial charge in [0.15, 0.2) is 0 Å². The van der Waals surface area contributed by atoms with E-state index < -0.39 is 12.5 Å². The molecule has 0 saturated heterocycles. The van der Waals surface area contributed by atoms with Crippen LogP contribution in [0.5, 0.6) is 0 Å². The highest BCUT2D eigenvalue weighted by Gasteiger charge is 2.40. The number of aromatic nitrogens is 2. The van der Waals surface area contributed by atoms with Gasteiger partial charge >= 0.3 is 0 Å². The van der Waals surface area contributed by atoms with Crippen molar-refractivity contribution in [1.82, 2.24) is 9.78 Å². The molecule has 1 aromatic carbocycles. The molecule has 0 spiro atoms. The fourth-order valence-electron chi connectivity index (χ4n) is 2.09. The molecule has 0 aliphatic carbocycles. The van der Waals surface area contributed by atoms with Crippen LogP contribution in [-0.2, 0) is 13.0 Å². The smallest absolute Gasteiger partial charge is 0.261 e. The van der Waals surface area contributed by atoms with E-state index in [1.165, 1.54) is 16.8 Å². The van der Waals surface area contributed by atoms with Crippen molar-refractivity contribution in [2.24, 2.45) is 0 Å². The maximum Gasteiger partial charge on any atom is 0.272 e. The Hall–Kier alpha value is -1.30. The van der Waals surface area contributed by atoms with E-state index in [-0.39, 0.29) is 12.2 Å². The summed E-state index contributed by atoms with van der Waals surface area (Å²) in [7, 11) is 0. The lowest BCUT2D eigenvalue weighted by Gasteiger charge is -2.06. The van der Waals surface area contributed by atoms with E-state index in [4.69, 9.17) is 0 Å². The summed E-state index contributed by atoms with van der Waals surface area (Å²) in [6, 6.07) is 5.80. The zero-order valence-electron chi connectivity index (χ0n) is 9.13. The van der Waals surface area contributed by atoms with Crippen molar-refractivity contribution >= 4 is 15.9 Å². The van der Waals surface area contributed by atoms with Gasteiger partial charge < -0.3 is 0 Å². The molecule has 0 amide bonds. The first-order chi connectivity index (χ1) is 8.46. The van der Waals surface area contributed by atoms with Crippen molar-refractivity contribution in [3.05, 3.63) is 40.2 Å². The van der Waals surface area contributed by atoms with Gasteiger partial charge in [0.1, 0.15) is 18.1 Å². The van der Waals surface area contributed by atoms with Crippen LogP contribution < -0.4 is 0 Å². The maximum absolute atomic E-state index is 13.2. The van der Waals surface area contributed by atoms with E-state index in [9.17, 15) is 13.2 Å². The van der Waals surface area contributed by atoms with Gasteiger partial charge in [-0.3, -0.25) is 4.68 Å². The minimum atomic E-state index is -2.73. The zero-order chi connectivity index (χ0) is 12.9. The van der Waals surface area contributed by atoms with E-state index in [0.717, 1.165) is 0 Å². The second-order valence-electron chi connectivity index (χ2n) is 4.31. The normalized spacial score (nSPS) is 16.9. The number of benzene rings is 1. The summed E-state index contributed by atoms with van der Waals surface area (Å²) >= 11 is 3.30. The van der Waals surface area contributed by atoms with E-state index in [1.807, 2.05) is 0 Å². The van der Waals surface area contributed by atoms with Crippen molar-refractivity contribution < 1.29 is 13.2 Å². The van der Waals surface area contributed by atoms with Crippen LogP contribution in [0.25, 0.3) is 11.3 Å². The number of halogens is 4. The van der Waals surface area contributed by atoms with Gasteiger partial charge in [-0.1, -0.05) is 0 Å². The molecule has 0 fully saturated rings. The van der Waals surface area contributed by atoms with Gasteiger partial charge in [0.25, 0.3) is 5.92 Å². The quantitative estimate of drug-likeness (QED) is 0.785. The summed E-state index contributed by atoms with van der Waals surface area (Å²) in [5, 5.41) is 4.15. The monoisotopic (exact) mass is 316 g/mol. The highest BCUT2D eigenvalue weighted by molar-refractivity contribution is 9.10. The lowest BCUT2D eigenvalue weighted by molar-refractivity contribution is 0.000990. The average molecular weight is 317 g/mol. The van der Waals surface area contributed by atoms with Gasteiger partial charge in [-0.2, -0.15) is 5.10 Å². The van der Waals surface area contributed by atoms with Crippen LogP contribution in [0.1, 0.15) is 5.69 Å². The maximum atomic E-state index is 13.2. The lowest BCUT2D eigenvalue weighted by Crippen LogP contribution is -2.17. The largest absolute Gasteiger partial charge is 0.272 e. The average Bonchev–Trinajstić information content (AvgIpc) is 2.75. The van der Waals surface area contributed by atoms with Gasteiger partial charge in [0.05, 0.1) is 16.6 Å². The number of hydrogen-bond acceptors (Lipinski definition) is 1. The van der Waals surface area contributed by atoms with Crippen LogP contribution in [0.2, 0.25) is 0 Å². The molecule has 2 aromatic rings. The molecule has 94 valence electrons. The minimum Gasteiger partial charge on any atom is -0.261 e. The van der Waals surface area contributed by atoms with Gasteiger partial charge in [0.2, 0.25) is 0 Å². The van der Waals surface area contributed by atoms with Crippen molar-refractivity contribution in [1.29, 1.82) is 0 Å². The third-order valence-corrected chi connectivity index (χ3v) is 3.75. The molecule has 0 saturated carbocycles. The molecule has 0 radical (unpaired) electrons. The topological polar surface area (TPSA) is 17.8 Å². The molecule has 0 N–H and O–H groups in total. The Balaban J connectivity index is 2.04. The Morgan fingerprint density at radius 2 is 1.89 bits per heavy atom. The van der Waals surface area contributed by atoms with Gasteiger partial charge in [-0.25, -0.2) is 13.2 Å². The molecule has 0 unspecified atom stereocenters. The molecule has 1 aliphatic rings. The molecule has 2 nitrogen and oxygen atoms in total. The first kappa shape index (κ1) is 11.8. The number of nitrogens with zero attached hydrogens (tertiary/aromatic N) is 2. The number of alkyl halides is 2. The van der Waals surface area contributed by atoms with Crippen LogP contribution in [0.3, 0.4) is 0 Å². The Bertz CT molecular complexity index is 605. The molecular formula is C12H8BrF3N2. The Kier molecular flexibility index (Phi) is 2.52. The van der Waals surface area contributed by atoms with E-state index >= 15 is 0 Å². The summed E-state index contributed by atoms with van der Waals surface area (Å²) < 4.78 is 41.1. The summed E-state index contributed by atoms with van der Waals surface area (Å²) in [5.74, 6) is -3.07.